The van der Waals surface area contributed by atoms with Crippen LogP contribution in [0.2, 0.25) is 0 Å². The third-order valence-corrected chi connectivity index (χ3v) is 5.65. The number of benzene rings is 3. The molecule has 0 aliphatic carbocycles. The highest BCUT2D eigenvalue weighted by Crippen LogP contribution is 2.34. The number of aromatic nitrogens is 1. The van der Waals surface area contributed by atoms with Crippen molar-refractivity contribution in [3.63, 3.8) is 0 Å². The Bertz CT molecular complexity index is 1580. The second kappa shape index (κ2) is 7.91. The van der Waals surface area contributed by atoms with Crippen molar-refractivity contribution in [3.05, 3.63) is 111 Å². The van der Waals surface area contributed by atoms with E-state index < -0.39 is 22.6 Å². The number of fused-ring (bicyclic) bond motifs is 1. The maximum atomic E-state index is 12.8. The number of nitrogens with zero attached hydrogens (tertiary/aromatic N) is 1. The summed E-state index contributed by atoms with van der Waals surface area (Å²) in [5, 5.41) is 6.71. The number of para-hydroxylation sites is 1. The van der Waals surface area contributed by atoms with Crippen molar-refractivity contribution in [1.29, 1.82) is 0 Å². The van der Waals surface area contributed by atoms with E-state index in [4.69, 9.17) is 0 Å². The summed E-state index contributed by atoms with van der Waals surface area (Å²) >= 11 is 0. The first-order valence-corrected chi connectivity index (χ1v) is 10.4. The van der Waals surface area contributed by atoms with Gasteiger partial charge in [-0.15, -0.1) is 0 Å². The van der Waals surface area contributed by atoms with Crippen LogP contribution in [0.5, 0.6) is 0 Å². The van der Waals surface area contributed by atoms with E-state index in [9.17, 15) is 22.8 Å². The molecule has 0 radical (unpaired) electrons. The number of alkyl halides is 3. The number of aryl methyl sites for hydroxylation is 1. The molecule has 5 rings (SSSR count). The van der Waals surface area contributed by atoms with Gasteiger partial charge in [0.2, 0.25) is 0 Å². The lowest BCUT2D eigenvalue weighted by molar-refractivity contribution is -0.137. The maximum Gasteiger partial charge on any atom is 0.416 e. The van der Waals surface area contributed by atoms with E-state index in [-0.39, 0.29) is 17.1 Å². The van der Waals surface area contributed by atoms with E-state index in [1.165, 1.54) is 12.1 Å². The van der Waals surface area contributed by atoms with Crippen molar-refractivity contribution in [2.75, 3.05) is 10.6 Å². The van der Waals surface area contributed by atoms with Gasteiger partial charge in [-0.2, -0.15) is 13.2 Å². The number of halogens is 3. The Kier molecular flexibility index (Phi) is 5.01. The molecule has 170 valence electrons. The molecule has 34 heavy (non-hydrogen) atoms. The summed E-state index contributed by atoms with van der Waals surface area (Å²) < 4.78 is 40.4. The molecule has 0 unspecified atom stereocenters. The highest BCUT2D eigenvalue weighted by atomic mass is 19.4. The summed E-state index contributed by atoms with van der Waals surface area (Å²) in [6.45, 7) is 1.96. The van der Waals surface area contributed by atoms with Crippen molar-refractivity contribution in [2.45, 2.75) is 13.1 Å². The van der Waals surface area contributed by atoms with E-state index in [0.717, 1.165) is 34.3 Å². The van der Waals surface area contributed by atoms with Crippen molar-refractivity contribution in [2.24, 2.45) is 0 Å². The van der Waals surface area contributed by atoms with Crippen molar-refractivity contribution in [1.82, 2.24) is 4.57 Å². The van der Waals surface area contributed by atoms with Gasteiger partial charge in [0, 0.05) is 23.0 Å². The molecule has 2 N–H and O–H groups in total. The van der Waals surface area contributed by atoms with Crippen molar-refractivity contribution in [3.8, 4) is 5.69 Å². The quantitative estimate of drug-likeness (QED) is 0.313. The van der Waals surface area contributed by atoms with Crippen LogP contribution >= 0.6 is 0 Å². The maximum absolute atomic E-state index is 12.8. The molecular weight excluding hydrogens is 443 g/mol. The molecule has 0 saturated carbocycles. The highest BCUT2D eigenvalue weighted by Gasteiger charge is 2.30. The lowest BCUT2D eigenvalue weighted by atomic mass is 10.1. The minimum Gasteiger partial charge on any atom is -0.350 e. The van der Waals surface area contributed by atoms with E-state index >= 15 is 0 Å². The molecule has 5 nitrogen and oxygen atoms in total. The van der Waals surface area contributed by atoms with Gasteiger partial charge in [-0.25, -0.2) is 0 Å². The number of hydrogen-bond donors (Lipinski definition) is 2. The van der Waals surface area contributed by atoms with Crippen molar-refractivity contribution >= 4 is 33.7 Å². The summed E-state index contributed by atoms with van der Waals surface area (Å²) in [6.07, 6.45) is -2.61. The fourth-order valence-electron chi connectivity index (χ4n) is 3.90. The second-order valence-electron chi connectivity index (χ2n) is 8.00. The fourth-order valence-corrected chi connectivity index (χ4v) is 3.90. The van der Waals surface area contributed by atoms with Gasteiger partial charge >= 0.3 is 6.18 Å². The third-order valence-electron chi connectivity index (χ3n) is 5.65. The molecule has 0 aliphatic rings. The van der Waals surface area contributed by atoms with E-state index in [0.29, 0.717) is 5.69 Å². The van der Waals surface area contributed by atoms with Crippen molar-refractivity contribution < 1.29 is 13.2 Å². The molecule has 1 aromatic heterocycles. The lowest BCUT2D eigenvalue weighted by Crippen LogP contribution is -2.35. The van der Waals surface area contributed by atoms with Gasteiger partial charge in [0.25, 0.3) is 10.9 Å². The van der Waals surface area contributed by atoms with Crippen LogP contribution in [0.4, 0.5) is 35.9 Å². The second-order valence-corrected chi connectivity index (χ2v) is 8.00. The van der Waals surface area contributed by atoms with E-state index in [1.54, 1.807) is 0 Å². The normalized spacial score (nSPS) is 11.8. The van der Waals surface area contributed by atoms with E-state index in [2.05, 4.69) is 10.6 Å². The van der Waals surface area contributed by atoms with Gasteiger partial charge in [-0.3, -0.25) is 9.59 Å². The Morgan fingerprint density at radius 2 is 1.44 bits per heavy atom. The minimum absolute atomic E-state index is 0.0121. The number of rotatable bonds is 5. The van der Waals surface area contributed by atoms with Gasteiger partial charge in [0.15, 0.2) is 0 Å². The number of nitrogens with one attached hydrogen (secondary N) is 2. The molecule has 0 fully saturated rings. The zero-order valence-corrected chi connectivity index (χ0v) is 17.9. The molecule has 5 aromatic rings. The molecule has 0 amide bonds. The lowest BCUT2D eigenvalue weighted by Gasteiger charge is -2.15. The smallest absolute Gasteiger partial charge is 0.350 e. The Hall–Kier alpha value is -4.33. The Morgan fingerprint density at radius 3 is 2.09 bits per heavy atom. The fraction of sp³-hybridized carbons (Fsp3) is 0.0769. The predicted molar refractivity (Wildman–Crippen MR) is 127 cm³/mol. The monoisotopic (exact) mass is 461 g/mol. The summed E-state index contributed by atoms with van der Waals surface area (Å²) in [7, 11) is 0. The van der Waals surface area contributed by atoms with Crippen LogP contribution < -0.4 is 21.5 Å². The first kappa shape index (κ1) is 21.5. The molecular formula is C26H18F3N3O2. The first-order chi connectivity index (χ1) is 16.2. The Balaban J connectivity index is 1.51. The third kappa shape index (κ3) is 3.73. The Morgan fingerprint density at radius 1 is 0.794 bits per heavy atom. The summed E-state index contributed by atoms with van der Waals surface area (Å²) in [5.41, 5.74) is 1.62. The van der Waals surface area contributed by atoms with Gasteiger partial charge < -0.3 is 15.2 Å². The Labute approximate surface area is 191 Å². The summed E-state index contributed by atoms with van der Waals surface area (Å²) in [4.78, 5) is 24.6. The molecule has 0 aliphatic heterocycles. The first-order valence-electron chi connectivity index (χ1n) is 10.4. The molecule has 0 atom stereocenters. The van der Waals surface area contributed by atoms with Gasteiger partial charge in [0.1, 0.15) is 11.4 Å². The van der Waals surface area contributed by atoms with Crippen LogP contribution in [-0.2, 0) is 6.18 Å². The minimum atomic E-state index is -4.46. The van der Waals surface area contributed by atoms with Gasteiger partial charge in [-0.05, 0) is 55.5 Å². The molecule has 0 bridgehead atoms. The average molecular weight is 461 g/mol. The zero-order valence-electron chi connectivity index (χ0n) is 17.9. The van der Waals surface area contributed by atoms with Crippen LogP contribution in [0.3, 0.4) is 0 Å². The standard InChI is InChI=1S/C26H18F3N3O2/c1-15-7-12-21-19(13-15)20(14-32(21)18-5-3-2-4-6-18)31-23-22(24(33)25(23)34)30-17-10-8-16(9-11-17)26(27,28)29/h2-14,30-31H,1H3. The van der Waals surface area contributed by atoms with Crippen LogP contribution in [-0.4, -0.2) is 4.57 Å². The van der Waals surface area contributed by atoms with Crippen LogP contribution in [0.15, 0.2) is 88.6 Å². The molecule has 0 saturated heterocycles. The van der Waals surface area contributed by atoms with Gasteiger partial charge in [-0.1, -0.05) is 29.8 Å². The number of anilines is 4. The van der Waals surface area contributed by atoms with Crippen LogP contribution in [0.1, 0.15) is 11.1 Å². The number of hydrogen-bond acceptors (Lipinski definition) is 4. The van der Waals surface area contributed by atoms with Gasteiger partial charge in [0.05, 0.1) is 16.8 Å². The summed E-state index contributed by atoms with van der Waals surface area (Å²) in [5.74, 6) is 0. The molecule has 0 spiro atoms. The van der Waals surface area contributed by atoms with Crippen LogP contribution in [0.25, 0.3) is 16.6 Å². The predicted octanol–water partition coefficient (Wildman–Crippen LogP) is 6.04. The topological polar surface area (TPSA) is 63.1 Å². The molecule has 8 heteroatoms. The van der Waals surface area contributed by atoms with E-state index in [1.807, 2.05) is 66.2 Å². The SMILES string of the molecule is Cc1ccc2c(c1)c(Nc1c(Nc3ccc(C(F)(F)F)cc3)c(=O)c1=O)cn2-c1ccccc1. The highest BCUT2D eigenvalue weighted by molar-refractivity contribution is 5.98. The molecule has 1 heterocycles. The van der Waals surface area contributed by atoms with Crippen LogP contribution in [0, 0.1) is 6.92 Å². The molecule has 4 aromatic carbocycles. The zero-order chi connectivity index (χ0) is 24.0. The average Bonchev–Trinajstić information content (AvgIpc) is 3.19. The summed E-state index contributed by atoms with van der Waals surface area (Å²) in [6, 6.07) is 19.9. The largest absolute Gasteiger partial charge is 0.416 e.